The monoisotopic (exact) mass is 144 g/mol. The van der Waals surface area contributed by atoms with Crippen LogP contribution in [0.25, 0.3) is 0 Å². The number of rotatable bonds is 3. The number of aliphatic hydroxyl groups excluding tert-OH is 1. The number of nitrogens with one attached hydrogen (secondary N) is 1. The van der Waals surface area contributed by atoms with E-state index >= 15 is 0 Å². The van der Waals surface area contributed by atoms with Crippen molar-refractivity contribution in [2.24, 2.45) is 11.1 Å². The van der Waals surface area contributed by atoms with Gasteiger partial charge in [0.25, 0.3) is 0 Å². The molecule has 0 radical (unpaired) electrons. The van der Waals surface area contributed by atoms with Gasteiger partial charge in [-0.2, -0.15) is 0 Å². The van der Waals surface area contributed by atoms with Gasteiger partial charge in [-0.05, 0) is 0 Å². The molecule has 3 heteroatoms. The predicted molar refractivity (Wildman–Crippen MR) is 42.6 cm³/mol. The lowest BCUT2D eigenvalue weighted by molar-refractivity contribution is 0.261. The van der Waals surface area contributed by atoms with Gasteiger partial charge in [0.15, 0.2) is 0 Å². The predicted octanol–water partition coefficient (Wildman–Crippen LogP) is 0.590. The van der Waals surface area contributed by atoms with Crippen LogP contribution in [0, 0.1) is 5.41 Å². The number of hydrogen-bond acceptors (Lipinski definition) is 3. The molecule has 60 valence electrons. The Labute approximate surface area is 61.9 Å². The molecule has 0 rings (SSSR count). The third kappa shape index (κ3) is 2.27. The smallest absolute Gasteiger partial charge is 0.115 e. The average molecular weight is 144 g/mol. The van der Waals surface area contributed by atoms with Gasteiger partial charge < -0.3 is 16.2 Å². The van der Waals surface area contributed by atoms with Crippen LogP contribution in [-0.4, -0.2) is 18.7 Å². The van der Waals surface area contributed by atoms with Crippen LogP contribution in [0.2, 0.25) is 0 Å². The van der Waals surface area contributed by atoms with E-state index in [-0.39, 0.29) is 11.2 Å². The minimum Gasteiger partial charge on any atom is -0.510 e. The van der Waals surface area contributed by atoms with Crippen LogP contribution in [0.3, 0.4) is 0 Å². The van der Waals surface area contributed by atoms with Gasteiger partial charge in [0.05, 0.1) is 0 Å². The van der Waals surface area contributed by atoms with Crippen molar-refractivity contribution in [2.45, 2.75) is 13.8 Å². The third-order valence-corrected chi connectivity index (χ3v) is 1.48. The summed E-state index contributed by atoms with van der Waals surface area (Å²) in [6, 6.07) is 0. The minimum absolute atomic E-state index is 0.289. The first-order valence-corrected chi connectivity index (χ1v) is 3.31. The zero-order valence-electron chi connectivity index (χ0n) is 6.81. The highest BCUT2D eigenvalue weighted by atomic mass is 16.3. The number of nitrogens with two attached hydrogens (primary N) is 1. The van der Waals surface area contributed by atoms with Crippen LogP contribution in [0.5, 0.6) is 0 Å². The maximum absolute atomic E-state index is 9.30. The van der Waals surface area contributed by atoms with E-state index in [0.717, 1.165) is 0 Å². The first-order chi connectivity index (χ1) is 4.54. The van der Waals surface area contributed by atoms with Gasteiger partial charge in [-0.15, -0.1) is 0 Å². The van der Waals surface area contributed by atoms with E-state index in [2.05, 4.69) is 5.32 Å². The molecule has 0 aromatic rings. The van der Waals surface area contributed by atoms with Crippen LogP contribution in [0.1, 0.15) is 13.8 Å². The molecule has 0 spiro atoms. The molecule has 3 nitrogen and oxygen atoms in total. The normalized spacial score (nSPS) is 13.4. The number of aliphatic hydroxyl groups is 1. The van der Waals surface area contributed by atoms with Crippen LogP contribution in [0.15, 0.2) is 12.0 Å². The van der Waals surface area contributed by atoms with E-state index in [9.17, 15) is 5.11 Å². The third-order valence-electron chi connectivity index (χ3n) is 1.48. The minimum atomic E-state index is -0.316. The highest BCUT2D eigenvalue weighted by Gasteiger charge is 2.20. The van der Waals surface area contributed by atoms with E-state index in [0.29, 0.717) is 6.54 Å². The summed E-state index contributed by atoms with van der Waals surface area (Å²) < 4.78 is 0. The first kappa shape index (κ1) is 9.30. The molecule has 0 amide bonds. The quantitative estimate of drug-likeness (QED) is 0.508. The van der Waals surface area contributed by atoms with E-state index in [4.69, 9.17) is 5.73 Å². The Hall–Kier alpha value is -0.700. The topological polar surface area (TPSA) is 58.3 Å². The van der Waals surface area contributed by atoms with Crippen molar-refractivity contribution in [1.82, 2.24) is 5.32 Å². The summed E-state index contributed by atoms with van der Waals surface area (Å²) in [5, 5.41) is 12.0. The summed E-state index contributed by atoms with van der Waals surface area (Å²) in [4.78, 5) is 0. The zero-order chi connectivity index (χ0) is 8.20. The van der Waals surface area contributed by atoms with Crippen molar-refractivity contribution in [3.05, 3.63) is 12.0 Å². The van der Waals surface area contributed by atoms with Gasteiger partial charge in [-0.1, -0.05) is 13.8 Å². The molecule has 0 saturated heterocycles. The summed E-state index contributed by atoms with van der Waals surface area (Å²) in [6.45, 7) is 4.21. The molecule has 0 atom stereocenters. The maximum Gasteiger partial charge on any atom is 0.115 e. The fraction of sp³-hybridized carbons (Fsp3) is 0.714. The molecule has 0 fully saturated rings. The van der Waals surface area contributed by atoms with E-state index in [1.807, 2.05) is 13.8 Å². The Kier molecular flexibility index (Phi) is 3.22. The molecule has 0 heterocycles. The largest absolute Gasteiger partial charge is 0.510 e. The molecule has 0 aliphatic rings. The van der Waals surface area contributed by atoms with E-state index in [1.54, 1.807) is 13.2 Å². The van der Waals surface area contributed by atoms with Gasteiger partial charge in [0.2, 0.25) is 0 Å². The Bertz CT molecular complexity index is 130. The average Bonchev–Trinajstić information content (AvgIpc) is 1.89. The second-order valence-corrected chi connectivity index (χ2v) is 2.91. The Balaban J connectivity index is 4.17. The summed E-state index contributed by atoms with van der Waals surface area (Å²) in [5.41, 5.74) is 5.09. The fourth-order valence-corrected chi connectivity index (χ4v) is 0.437. The van der Waals surface area contributed by atoms with Crippen LogP contribution in [-0.2, 0) is 0 Å². The Morgan fingerprint density at radius 3 is 2.50 bits per heavy atom. The first-order valence-electron chi connectivity index (χ1n) is 3.31. The molecule has 0 aliphatic heterocycles. The van der Waals surface area contributed by atoms with Gasteiger partial charge in [-0.25, -0.2) is 0 Å². The van der Waals surface area contributed by atoms with Gasteiger partial charge in [0.1, 0.15) is 5.76 Å². The molecule has 0 bridgehead atoms. The van der Waals surface area contributed by atoms with Crippen LogP contribution in [0.4, 0.5) is 0 Å². The molecule has 0 saturated carbocycles. The molecular weight excluding hydrogens is 128 g/mol. The summed E-state index contributed by atoms with van der Waals surface area (Å²) in [5.74, 6) is 0.289. The lowest BCUT2D eigenvalue weighted by Crippen LogP contribution is -2.26. The van der Waals surface area contributed by atoms with E-state index in [1.165, 1.54) is 0 Å². The second kappa shape index (κ2) is 3.46. The lowest BCUT2D eigenvalue weighted by Gasteiger charge is -2.20. The Morgan fingerprint density at radius 2 is 2.20 bits per heavy atom. The fourth-order valence-electron chi connectivity index (χ4n) is 0.437. The van der Waals surface area contributed by atoms with Gasteiger partial charge in [0, 0.05) is 25.2 Å². The Morgan fingerprint density at radius 1 is 1.70 bits per heavy atom. The summed E-state index contributed by atoms with van der Waals surface area (Å²) in [7, 11) is 1.74. The summed E-state index contributed by atoms with van der Waals surface area (Å²) >= 11 is 0. The SMILES string of the molecule is CN/C=C(\O)C(C)(C)CN. The van der Waals surface area contributed by atoms with Crippen LogP contribution < -0.4 is 11.1 Å². The highest BCUT2D eigenvalue weighted by Crippen LogP contribution is 2.20. The van der Waals surface area contributed by atoms with E-state index < -0.39 is 0 Å². The van der Waals surface area contributed by atoms with Crippen molar-refractivity contribution in [2.75, 3.05) is 13.6 Å². The van der Waals surface area contributed by atoms with Crippen LogP contribution >= 0.6 is 0 Å². The number of hydrogen-bond donors (Lipinski definition) is 3. The lowest BCUT2D eigenvalue weighted by atomic mass is 9.92. The highest BCUT2D eigenvalue weighted by molar-refractivity contribution is 5.02. The zero-order valence-corrected chi connectivity index (χ0v) is 6.81. The van der Waals surface area contributed by atoms with Crippen molar-refractivity contribution >= 4 is 0 Å². The van der Waals surface area contributed by atoms with Crippen molar-refractivity contribution in [1.29, 1.82) is 0 Å². The van der Waals surface area contributed by atoms with Gasteiger partial charge in [-0.3, -0.25) is 0 Å². The molecule has 0 aromatic carbocycles. The molecule has 4 N–H and O–H groups in total. The van der Waals surface area contributed by atoms with Crippen molar-refractivity contribution < 1.29 is 5.11 Å². The molecule has 0 aromatic heterocycles. The van der Waals surface area contributed by atoms with Crippen molar-refractivity contribution in [3.63, 3.8) is 0 Å². The molecular formula is C7H16N2O. The molecule has 0 aliphatic carbocycles. The molecule has 10 heavy (non-hydrogen) atoms. The second-order valence-electron chi connectivity index (χ2n) is 2.91. The summed E-state index contributed by atoms with van der Waals surface area (Å²) in [6.07, 6.45) is 1.55. The van der Waals surface area contributed by atoms with Gasteiger partial charge >= 0.3 is 0 Å². The standard InChI is InChI=1S/C7H16N2O/c1-7(2,5-8)6(10)4-9-3/h4,9-10H,5,8H2,1-3H3/b6-4-. The maximum atomic E-state index is 9.30. The van der Waals surface area contributed by atoms with Crippen molar-refractivity contribution in [3.8, 4) is 0 Å². The molecule has 0 unspecified atom stereocenters.